The van der Waals surface area contributed by atoms with Crippen LogP contribution in [0, 0.1) is 5.82 Å². The molecule has 0 aliphatic carbocycles. The predicted molar refractivity (Wildman–Crippen MR) is 78.2 cm³/mol. The first kappa shape index (κ1) is 14.2. The van der Waals surface area contributed by atoms with Gasteiger partial charge in [-0.3, -0.25) is 4.79 Å². The van der Waals surface area contributed by atoms with Gasteiger partial charge in [0.2, 0.25) is 0 Å². The van der Waals surface area contributed by atoms with E-state index in [1.165, 1.54) is 19.2 Å². The van der Waals surface area contributed by atoms with Gasteiger partial charge in [0.15, 0.2) is 17.3 Å². The molecule has 2 aromatic rings. The maximum atomic E-state index is 14.0. The first-order chi connectivity index (χ1) is 9.02. The van der Waals surface area contributed by atoms with Gasteiger partial charge in [-0.25, -0.2) is 4.39 Å². The quantitative estimate of drug-likeness (QED) is 0.720. The van der Waals surface area contributed by atoms with Crippen LogP contribution >= 0.6 is 31.9 Å². The summed E-state index contributed by atoms with van der Waals surface area (Å²) in [6.07, 6.45) is 0. The number of ether oxygens (including phenoxy) is 1. The van der Waals surface area contributed by atoms with Crippen LogP contribution in [0.25, 0.3) is 0 Å². The van der Waals surface area contributed by atoms with Crippen LogP contribution in [0.3, 0.4) is 0 Å². The molecule has 2 nitrogen and oxygen atoms in total. The number of halogens is 3. The lowest BCUT2D eigenvalue weighted by atomic mass is 10.0. The highest BCUT2D eigenvalue weighted by Crippen LogP contribution is 2.25. The maximum absolute atomic E-state index is 14.0. The minimum absolute atomic E-state index is 0.00986. The molecule has 2 aromatic carbocycles. The van der Waals surface area contributed by atoms with Crippen LogP contribution in [-0.2, 0) is 0 Å². The molecule has 0 bridgehead atoms. The Morgan fingerprint density at radius 2 is 1.79 bits per heavy atom. The lowest BCUT2D eigenvalue weighted by Crippen LogP contribution is -2.05. The van der Waals surface area contributed by atoms with Gasteiger partial charge in [-0.05, 0) is 30.3 Å². The summed E-state index contributed by atoms with van der Waals surface area (Å²) >= 11 is 6.60. The smallest absolute Gasteiger partial charge is 0.196 e. The third-order valence-electron chi connectivity index (χ3n) is 2.55. The van der Waals surface area contributed by atoms with Gasteiger partial charge in [-0.1, -0.05) is 37.9 Å². The minimum Gasteiger partial charge on any atom is -0.494 e. The number of ketones is 1. The fourth-order valence-corrected chi connectivity index (χ4v) is 2.98. The van der Waals surface area contributed by atoms with Crippen molar-refractivity contribution in [2.75, 3.05) is 7.11 Å². The molecule has 98 valence electrons. The van der Waals surface area contributed by atoms with E-state index in [4.69, 9.17) is 4.74 Å². The Labute approximate surface area is 126 Å². The largest absolute Gasteiger partial charge is 0.494 e. The van der Waals surface area contributed by atoms with Gasteiger partial charge in [0.05, 0.1) is 12.7 Å². The van der Waals surface area contributed by atoms with Gasteiger partial charge < -0.3 is 4.74 Å². The van der Waals surface area contributed by atoms with Gasteiger partial charge in [0, 0.05) is 14.5 Å². The zero-order valence-corrected chi connectivity index (χ0v) is 13.1. The molecule has 0 heterocycles. The van der Waals surface area contributed by atoms with E-state index in [1.807, 2.05) is 0 Å². The van der Waals surface area contributed by atoms with E-state index in [1.54, 1.807) is 24.3 Å². The summed E-state index contributed by atoms with van der Waals surface area (Å²) in [5.41, 5.74) is 0.387. The first-order valence-corrected chi connectivity index (χ1v) is 6.95. The van der Waals surface area contributed by atoms with E-state index in [0.717, 1.165) is 8.95 Å². The normalized spacial score (nSPS) is 10.3. The molecule has 0 atom stereocenters. The number of methoxy groups -OCH3 is 1. The monoisotopic (exact) mass is 386 g/mol. The fourth-order valence-electron chi connectivity index (χ4n) is 1.68. The summed E-state index contributed by atoms with van der Waals surface area (Å²) in [6, 6.07) is 9.59. The molecule has 2 rings (SSSR count). The highest BCUT2D eigenvalue weighted by Gasteiger charge is 2.17. The third kappa shape index (κ3) is 3.04. The van der Waals surface area contributed by atoms with Crippen molar-refractivity contribution in [1.29, 1.82) is 0 Å². The van der Waals surface area contributed by atoms with Crippen LogP contribution in [-0.4, -0.2) is 12.9 Å². The molecule has 0 fully saturated rings. The van der Waals surface area contributed by atoms with Gasteiger partial charge >= 0.3 is 0 Å². The van der Waals surface area contributed by atoms with Crippen LogP contribution in [0.15, 0.2) is 45.3 Å². The van der Waals surface area contributed by atoms with Crippen LogP contribution < -0.4 is 4.74 Å². The van der Waals surface area contributed by atoms with Crippen molar-refractivity contribution in [1.82, 2.24) is 0 Å². The Bertz CT molecular complexity index is 621. The first-order valence-electron chi connectivity index (χ1n) is 5.36. The molecule has 0 saturated carbocycles. The van der Waals surface area contributed by atoms with Crippen LogP contribution in [0.4, 0.5) is 4.39 Å². The van der Waals surface area contributed by atoms with Gasteiger partial charge in [0.1, 0.15) is 0 Å². The second-order valence-electron chi connectivity index (χ2n) is 3.81. The number of rotatable bonds is 3. The van der Waals surface area contributed by atoms with E-state index in [2.05, 4.69) is 31.9 Å². The zero-order valence-electron chi connectivity index (χ0n) is 9.91. The Morgan fingerprint density at radius 1 is 1.16 bits per heavy atom. The number of carbonyl (C=O) groups is 1. The summed E-state index contributed by atoms with van der Waals surface area (Å²) in [5.74, 6) is -0.982. The number of benzene rings is 2. The average Bonchev–Trinajstić information content (AvgIpc) is 2.37. The molecule has 0 aromatic heterocycles. The second-order valence-corrected chi connectivity index (χ2v) is 5.64. The van der Waals surface area contributed by atoms with E-state index in [-0.39, 0.29) is 11.3 Å². The summed E-state index contributed by atoms with van der Waals surface area (Å²) in [5, 5.41) is 0. The summed E-state index contributed by atoms with van der Waals surface area (Å²) in [7, 11) is 1.36. The Kier molecular flexibility index (Phi) is 4.37. The molecule has 0 spiro atoms. The molecule has 5 heteroatoms. The number of hydrogen-bond donors (Lipinski definition) is 0. The summed E-state index contributed by atoms with van der Waals surface area (Å²) < 4.78 is 20.4. The molecular weight excluding hydrogens is 379 g/mol. The van der Waals surface area contributed by atoms with Crippen molar-refractivity contribution < 1.29 is 13.9 Å². The Morgan fingerprint density at radius 3 is 2.37 bits per heavy atom. The van der Waals surface area contributed by atoms with Gasteiger partial charge in [-0.15, -0.1) is 0 Å². The maximum Gasteiger partial charge on any atom is 0.196 e. The molecular formula is C14H9Br2FO2. The fraction of sp³-hybridized carbons (Fsp3) is 0.0714. The Hall–Kier alpha value is -1.20. The average molecular weight is 388 g/mol. The van der Waals surface area contributed by atoms with Crippen molar-refractivity contribution in [3.8, 4) is 5.75 Å². The van der Waals surface area contributed by atoms with E-state index in [0.29, 0.717) is 5.56 Å². The Balaban J connectivity index is 2.50. The van der Waals surface area contributed by atoms with E-state index < -0.39 is 11.6 Å². The predicted octanol–water partition coefficient (Wildman–Crippen LogP) is 4.59. The standard InChI is InChI=1S/C14H9Br2FO2/c1-19-12-4-2-3-11(13(12)17)14(18)8-5-9(15)7-10(16)6-8/h2-7H,1H3. The molecule has 0 saturated heterocycles. The highest BCUT2D eigenvalue weighted by atomic mass is 79.9. The van der Waals surface area contributed by atoms with Gasteiger partial charge in [-0.2, -0.15) is 0 Å². The van der Waals surface area contributed by atoms with Crippen LogP contribution in [0.2, 0.25) is 0 Å². The minimum atomic E-state index is -0.647. The molecule has 0 unspecified atom stereocenters. The molecule has 19 heavy (non-hydrogen) atoms. The van der Waals surface area contributed by atoms with Crippen molar-refractivity contribution >= 4 is 37.6 Å². The summed E-state index contributed by atoms with van der Waals surface area (Å²) in [4.78, 5) is 12.3. The molecule has 0 aliphatic rings. The molecule has 0 amide bonds. The van der Waals surface area contributed by atoms with Crippen molar-refractivity contribution in [2.24, 2.45) is 0 Å². The number of hydrogen-bond acceptors (Lipinski definition) is 2. The van der Waals surface area contributed by atoms with E-state index >= 15 is 0 Å². The zero-order chi connectivity index (χ0) is 14.0. The van der Waals surface area contributed by atoms with E-state index in [9.17, 15) is 9.18 Å². The third-order valence-corrected chi connectivity index (χ3v) is 3.47. The molecule has 0 aliphatic heterocycles. The van der Waals surface area contributed by atoms with Crippen molar-refractivity contribution in [2.45, 2.75) is 0 Å². The van der Waals surface area contributed by atoms with Gasteiger partial charge in [0.25, 0.3) is 0 Å². The number of carbonyl (C=O) groups excluding carboxylic acids is 1. The SMILES string of the molecule is COc1cccc(C(=O)c2cc(Br)cc(Br)c2)c1F. The van der Waals surface area contributed by atoms with Crippen LogP contribution in [0.5, 0.6) is 5.75 Å². The van der Waals surface area contributed by atoms with Crippen LogP contribution in [0.1, 0.15) is 15.9 Å². The topological polar surface area (TPSA) is 26.3 Å². The lowest BCUT2D eigenvalue weighted by molar-refractivity contribution is 0.103. The molecule has 0 N–H and O–H groups in total. The van der Waals surface area contributed by atoms with Crippen molar-refractivity contribution in [3.63, 3.8) is 0 Å². The summed E-state index contributed by atoms with van der Waals surface area (Å²) in [6.45, 7) is 0. The van der Waals surface area contributed by atoms with Crippen molar-refractivity contribution in [3.05, 3.63) is 62.3 Å². The second kappa shape index (κ2) is 5.84. The lowest BCUT2D eigenvalue weighted by Gasteiger charge is -2.07. The highest BCUT2D eigenvalue weighted by molar-refractivity contribution is 9.11. The molecule has 0 radical (unpaired) electrons.